The first-order valence-corrected chi connectivity index (χ1v) is 7.09. The maximum atomic E-state index is 10.6. The Hall–Kier alpha value is -0.550. The fraction of sp³-hybridized carbons (Fsp3) is 0.933. The highest BCUT2D eigenvalue weighted by atomic mass is 16.3. The van der Waals surface area contributed by atoms with Crippen molar-refractivity contribution in [3.63, 3.8) is 0 Å². The van der Waals surface area contributed by atoms with Crippen LogP contribution >= 0.6 is 0 Å². The zero-order valence-corrected chi connectivity index (χ0v) is 11.3. The van der Waals surface area contributed by atoms with Gasteiger partial charge < -0.3 is 5.11 Å². The number of hydrogen-bond donors (Lipinski definition) is 1. The van der Waals surface area contributed by atoms with E-state index in [-0.39, 0.29) is 5.92 Å². The van der Waals surface area contributed by atoms with Gasteiger partial charge in [0.15, 0.2) is 0 Å². The molecule has 96 valence electrons. The van der Waals surface area contributed by atoms with Crippen LogP contribution < -0.4 is 0 Å². The van der Waals surface area contributed by atoms with Gasteiger partial charge >= 0.3 is 0 Å². The molecule has 1 N–H and O–H groups in total. The van der Waals surface area contributed by atoms with Crippen molar-refractivity contribution in [3.05, 3.63) is 0 Å². The molecule has 5 atom stereocenters. The van der Waals surface area contributed by atoms with E-state index in [1.54, 1.807) is 0 Å². The van der Waals surface area contributed by atoms with Gasteiger partial charge in [-0.2, -0.15) is 5.26 Å². The van der Waals surface area contributed by atoms with Gasteiger partial charge in [-0.25, -0.2) is 0 Å². The number of aliphatic hydroxyl groups is 1. The van der Waals surface area contributed by atoms with Gasteiger partial charge in [-0.05, 0) is 49.4 Å². The maximum absolute atomic E-state index is 10.6. The first-order valence-electron chi connectivity index (χ1n) is 7.09. The minimum atomic E-state index is -0.426. The molecular weight excluding hydrogens is 210 g/mol. The monoisotopic (exact) mass is 235 g/mol. The topological polar surface area (TPSA) is 44.0 Å². The normalized spacial score (nSPS) is 39.3. The summed E-state index contributed by atoms with van der Waals surface area (Å²) in [5, 5.41) is 20.2. The van der Waals surface area contributed by atoms with Crippen molar-refractivity contribution < 1.29 is 5.11 Å². The fourth-order valence-corrected chi connectivity index (χ4v) is 4.32. The largest absolute Gasteiger partial charge is 0.391 e. The van der Waals surface area contributed by atoms with E-state index in [9.17, 15) is 10.4 Å². The van der Waals surface area contributed by atoms with Crippen LogP contribution in [0.1, 0.15) is 52.9 Å². The number of nitrogens with zero attached hydrogens (tertiary/aromatic N) is 1. The van der Waals surface area contributed by atoms with Crippen molar-refractivity contribution in [2.45, 2.75) is 59.0 Å². The Morgan fingerprint density at radius 1 is 1.35 bits per heavy atom. The van der Waals surface area contributed by atoms with E-state index in [1.165, 1.54) is 12.8 Å². The van der Waals surface area contributed by atoms with Gasteiger partial charge in [0.1, 0.15) is 0 Å². The molecule has 0 heterocycles. The SMILES string of the molecule is CC(C)CC(C)C(O)C1(C#N)CC2CCC1C2. The van der Waals surface area contributed by atoms with Gasteiger partial charge in [-0.15, -0.1) is 0 Å². The van der Waals surface area contributed by atoms with Crippen LogP contribution in [0.3, 0.4) is 0 Å². The molecule has 0 aromatic rings. The number of aliphatic hydroxyl groups excluding tert-OH is 1. The summed E-state index contributed by atoms with van der Waals surface area (Å²) in [7, 11) is 0. The van der Waals surface area contributed by atoms with Gasteiger partial charge in [0.05, 0.1) is 17.6 Å². The predicted octanol–water partition coefficient (Wildman–Crippen LogP) is 3.36. The third-order valence-corrected chi connectivity index (χ3v) is 5.01. The van der Waals surface area contributed by atoms with Crippen LogP contribution in [0.15, 0.2) is 0 Å². The second kappa shape index (κ2) is 4.61. The Balaban J connectivity index is 2.11. The summed E-state index contributed by atoms with van der Waals surface area (Å²) in [6.07, 6.45) is 5.15. The lowest BCUT2D eigenvalue weighted by atomic mass is 9.66. The van der Waals surface area contributed by atoms with Gasteiger partial charge in [-0.1, -0.05) is 27.2 Å². The number of hydrogen-bond acceptors (Lipinski definition) is 2. The summed E-state index contributed by atoms with van der Waals surface area (Å²) in [4.78, 5) is 0. The Kier molecular flexibility index (Phi) is 3.50. The molecule has 0 radical (unpaired) electrons. The molecule has 5 unspecified atom stereocenters. The van der Waals surface area contributed by atoms with Crippen molar-refractivity contribution in [1.29, 1.82) is 5.26 Å². The van der Waals surface area contributed by atoms with E-state index >= 15 is 0 Å². The summed E-state index contributed by atoms with van der Waals surface area (Å²) in [5.41, 5.74) is -0.419. The molecule has 0 spiro atoms. The smallest absolute Gasteiger partial charge is 0.0865 e. The molecule has 0 aromatic carbocycles. The van der Waals surface area contributed by atoms with Gasteiger partial charge in [0.2, 0.25) is 0 Å². The number of fused-ring (bicyclic) bond motifs is 2. The van der Waals surface area contributed by atoms with Crippen LogP contribution in [-0.4, -0.2) is 11.2 Å². The molecule has 2 rings (SSSR count). The van der Waals surface area contributed by atoms with Crippen molar-refractivity contribution in [1.82, 2.24) is 0 Å². The molecule has 2 fully saturated rings. The second-order valence-electron chi connectivity index (χ2n) is 6.78. The van der Waals surface area contributed by atoms with Crippen LogP contribution in [0, 0.1) is 40.4 Å². The Labute approximate surface area is 105 Å². The van der Waals surface area contributed by atoms with Gasteiger partial charge in [0, 0.05) is 0 Å². The molecule has 17 heavy (non-hydrogen) atoms. The zero-order chi connectivity index (χ0) is 12.6. The first-order chi connectivity index (χ1) is 7.99. The maximum Gasteiger partial charge on any atom is 0.0865 e. The summed E-state index contributed by atoms with van der Waals surface area (Å²) in [6.45, 7) is 6.47. The number of rotatable bonds is 4. The van der Waals surface area contributed by atoms with E-state index in [4.69, 9.17) is 0 Å². The average molecular weight is 235 g/mol. The lowest BCUT2D eigenvalue weighted by Crippen LogP contribution is -2.42. The van der Waals surface area contributed by atoms with Crippen LogP contribution in [0.5, 0.6) is 0 Å². The van der Waals surface area contributed by atoms with Crippen molar-refractivity contribution in [2.75, 3.05) is 0 Å². The van der Waals surface area contributed by atoms with Crippen molar-refractivity contribution in [2.24, 2.45) is 29.1 Å². The zero-order valence-electron chi connectivity index (χ0n) is 11.3. The third kappa shape index (κ3) is 2.10. The average Bonchev–Trinajstić information content (AvgIpc) is 2.87. The molecular formula is C15H25NO. The van der Waals surface area contributed by atoms with E-state index < -0.39 is 11.5 Å². The molecule has 2 heteroatoms. The second-order valence-corrected chi connectivity index (χ2v) is 6.78. The molecule has 0 amide bonds. The predicted molar refractivity (Wildman–Crippen MR) is 68.1 cm³/mol. The van der Waals surface area contributed by atoms with Crippen LogP contribution in [0.2, 0.25) is 0 Å². The molecule has 0 saturated heterocycles. The molecule has 2 saturated carbocycles. The lowest BCUT2D eigenvalue weighted by Gasteiger charge is -2.38. The van der Waals surface area contributed by atoms with Crippen molar-refractivity contribution >= 4 is 0 Å². The minimum Gasteiger partial charge on any atom is -0.391 e. The lowest BCUT2D eigenvalue weighted by molar-refractivity contribution is -0.0181. The Morgan fingerprint density at radius 2 is 2.06 bits per heavy atom. The standard InChI is InChI=1S/C15H25NO/c1-10(2)6-11(3)14(17)15(9-16)8-12-4-5-13(15)7-12/h10-14,17H,4-8H2,1-3H3. The molecule has 2 nitrogen and oxygen atoms in total. The highest BCUT2D eigenvalue weighted by Gasteiger charge is 2.56. The summed E-state index contributed by atoms with van der Waals surface area (Å²) >= 11 is 0. The third-order valence-electron chi connectivity index (χ3n) is 5.01. The molecule has 2 aliphatic rings. The summed E-state index contributed by atoms with van der Waals surface area (Å²) in [6, 6.07) is 2.51. The minimum absolute atomic E-state index is 0.244. The molecule has 0 aromatic heterocycles. The Bertz CT molecular complexity index is 319. The molecule has 0 aliphatic heterocycles. The van der Waals surface area contributed by atoms with Gasteiger partial charge in [-0.3, -0.25) is 0 Å². The van der Waals surface area contributed by atoms with Crippen molar-refractivity contribution in [3.8, 4) is 6.07 Å². The summed E-state index contributed by atoms with van der Waals surface area (Å²) in [5.74, 6) is 2.01. The quantitative estimate of drug-likeness (QED) is 0.812. The summed E-state index contributed by atoms with van der Waals surface area (Å²) < 4.78 is 0. The fourth-order valence-electron chi connectivity index (χ4n) is 4.32. The Morgan fingerprint density at radius 3 is 2.47 bits per heavy atom. The first kappa shape index (κ1) is 12.9. The van der Waals surface area contributed by atoms with E-state index in [1.807, 2.05) is 0 Å². The van der Waals surface area contributed by atoms with E-state index in [0.29, 0.717) is 17.8 Å². The molecule has 2 aliphatic carbocycles. The van der Waals surface area contributed by atoms with Crippen LogP contribution in [-0.2, 0) is 0 Å². The molecule has 2 bridgehead atoms. The van der Waals surface area contributed by atoms with E-state index in [0.717, 1.165) is 19.3 Å². The van der Waals surface area contributed by atoms with E-state index in [2.05, 4.69) is 26.8 Å². The highest BCUT2D eigenvalue weighted by molar-refractivity contribution is 5.15. The van der Waals surface area contributed by atoms with Crippen LogP contribution in [0.4, 0.5) is 0 Å². The number of nitriles is 1. The van der Waals surface area contributed by atoms with Gasteiger partial charge in [0.25, 0.3) is 0 Å². The highest BCUT2D eigenvalue weighted by Crippen LogP contribution is 2.58. The van der Waals surface area contributed by atoms with Crippen LogP contribution in [0.25, 0.3) is 0 Å².